The zero-order valence-corrected chi connectivity index (χ0v) is 14.2. The molecule has 1 amide bonds. The van der Waals surface area contributed by atoms with Crippen LogP contribution in [0.15, 0.2) is 42.5 Å². The molecule has 0 saturated heterocycles. The summed E-state index contributed by atoms with van der Waals surface area (Å²) in [4.78, 5) is 23.7. The summed E-state index contributed by atoms with van der Waals surface area (Å²) in [6.07, 6.45) is -0.337. The van der Waals surface area contributed by atoms with Gasteiger partial charge in [0.25, 0.3) is 5.91 Å². The molecular formula is C19H18FNO5. The Morgan fingerprint density at radius 1 is 1.23 bits per heavy atom. The molecule has 0 unspecified atom stereocenters. The minimum absolute atomic E-state index is 0.0570. The first kappa shape index (κ1) is 17.7. The number of carbonyl (C=O) groups excluding carboxylic acids is 2. The normalized spacial score (nSPS) is 15.2. The number of halogens is 1. The zero-order valence-electron chi connectivity index (χ0n) is 14.2. The van der Waals surface area contributed by atoms with Crippen molar-refractivity contribution in [2.24, 2.45) is 0 Å². The summed E-state index contributed by atoms with van der Waals surface area (Å²) in [6.45, 7) is 1.65. The van der Waals surface area contributed by atoms with Gasteiger partial charge in [-0.3, -0.25) is 4.79 Å². The van der Waals surface area contributed by atoms with Crippen molar-refractivity contribution < 1.29 is 28.2 Å². The van der Waals surface area contributed by atoms with Gasteiger partial charge in [-0.1, -0.05) is 18.2 Å². The first-order valence-corrected chi connectivity index (χ1v) is 8.11. The molecule has 2 aromatic rings. The maximum absolute atomic E-state index is 13.5. The van der Waals surface area contributed by atoms with Crippen LogP contribution in [0.5, 0.6) is 11.5 Å². The van der Waals surface area contributed by atoms with Gasteiger partial charge in [0.15, 0.2) is 18.1 Å². The number of para-hydroxylation sites is 2. The van der Waals surface area contributed by atoms with Gasteiger partial charge in [0.2, 0.25) is 0 Å². The number of hydrogen-bond acceptors (Lipinski definition) is 5. The molecule has 0 saturated carbocycles. The molecule has 7 heteroatoms. The minimum Gasteiger partial charge on any atom is -0.486 e. The van der Waals surface area contributed by atoms with Crippen molar-refractivity contribution in [3.8, 4) is 11.5 Å². The van der Waals surface area contributed by atoms with E-state index in [1.807, 2.05) is 12.1 Å². The molecule has 1 aliphatic heterocycles. The molecular weight excluding hydrogens is 341 g/mol. The molecule has 0 fully saturated rings. The number of rotatable bonds is 5. The van der Waals surface area contributed by atoms with Crippen LogP contribution in [0.3, 0.4) is 0 Å². The second-order valence-electron chi connectivity index (χ2n) is 5.84. The Bertz CT molecular complexity index is 823. The Labute approximate surface area is 149 Å². The van der Waals surface area contributed by atoms with E-state index < -0.39 is 24.3 Å². The molecule has 0 bridgehead atoms. The number of nitrogens with one attached hydrogen (secondary N) is 1. The second kappa shape index (κ2) is 7.86. The number of carbonyl (C=O) groups is 2. The summed E-state index contributed by atoms with van der Waals surface area (Å²) in [5.74, 6) is -0.461. The van der Waals surface area contributed by atoms with Gasteiger partial charge < -0.3 is 19.5 Å². The monoisotopic (exact) mass is 359 g/mol. The minimum atomic E-state index is -0.759. The quantitative estimate of drug-likeness (QED) is 0.829. The number of aryl methyl sites for hydroxylation is 1. The van der Waals surface area contributed by atoms with Crippen molar-refractivity contribution in [1.82, 2.24) is 5.32 Å². The van der Waals surface area contributed by atoms with Crippen molar-refractivity contribution in [2.75, 3.05) is 19.8 Å². The average Bonchev–Trinajstić information content (AvgIpc) is 2.66. The summed E-state index contributed by atoms with van der Waals surface area (Å²) in [5.41, 5.74) is 0.483. The molecule has 0 aromatic heterocycles. The molecule has 0 radical (unpaired) electrons. The standard InChI is InChI=1S/C19H18FNO5/c1-12-6-7-13(8-15(12)20)19(23)25-11-18(22)21-9-14-10-24-16-4-2-3-5-17(16)26-14/h2-8,14H,9-11H2,1H3,(H,21,22)/t14-/m1/s1. The molecule has 1 atom stereocenters. The first-order chi connectivity index (χ1) is 12.5. The fourth-order valence-corrected chi connectivity index (χ4v) is 2.38. The summed E-state index contributed by atoms with van der Waals surface area (Å²) in [6, 6.07) is 11.3. The third-order valence-electron chi connectivity index (χ3n) is 3.84. The second-order valence-corrected chi connectivity index (χ2v) is 5.84. The Hall–Kier alpha value is -3.09. The van der Waals surface area contributed by atoms with E-state index in [0.717, 1.165) is 6.07 Å². The number of hydrogen-bond donors (Lipinski definition) is 1. The van der Waals surface area contributed by atoms with Crippen molar-refractivity contribution in [2.45, 2.75) is 13.0 Å². The number of benzene rings is 2. The van der Waals surface area contributed by atoms with Crippen LogP contribution in [-0.2, 0) is 9.53 Å². The topological polar surface area (TPSA) is 73.9 Å². The van der Waals surface area contributed by atoms with Gasteiger partial charge in [0, 0.05) is 0 Å². The summed E-state index contributed by atoms with van der Waals surface area (Å²) >= 11 is 0. The lowest BCUT2D eigenvalue weighted by atomic mass is 10.1. The summed E-state index contributed by atoms with van der Waals surface area (Å²) < 4.78 is 29.6. The molecule has 2 aromatic carbocycles. The molecule has 3 rings (SSSR count). The highest BCUT2D eigenvalue weighted by atomic mass is 19.1. The van der Waals surface area contributed by atoms with E-state index in [4.69, 9.17) is 14.2 Å². The highest BCUT2D eigenvalue weighted by Gasteiger charge is 2.21. The predicted octanol–water partition coefficient (Wildman–Crippen LogP) is 2.25. The number of fused-ring (bicyclic) bond motifs is 1. The van der Waals surface area contributed by atoms with Gasteiger partial charge in [-0.25, -0.2) is 9.18 Å². The van der Waals surface area contributed by atoms with Gasteiger partial charge in [-0.15, -0.1) is 0 Å². The van der Waals surface area contributed by atoms with E-state index in [1.165, 1.54) is 12.1 Å². The van der Waals surface area contributed by atoms with E-state index in [-0.39, 0.29) is 18.2 Å². The number of esters is 1. The number of ether oxygens (including phenoxy) is 3. The maximum Gasteiger partial charge on any atom is 0.338 e. The highest BCUT2D eigenvalue weighted by molar-refractivity contribution is 5.91. The van der Waals surface area contributed by atoms with Crippen LogP contribution in [0.25, 0.3) is 0 Å². The van der Waals surface area contributed by atoms with Gasteiger partial charge in [-0.2, -0.15) is 0 Å². The van der Waals surface area contributed by atoms with Crippen molar-refractivity contribution in [3.05, 3.63) is 59.4 Å². The van der Waals surface area contributed by atoms with Crippen LogP contribution >= 0.6 is 0 Å². The number of amides is 1. The van der Waals surface area contributed by atoms with E-state index in [9.17, 15) is 14.0 Å². The third kappa shape index (κ3) is 4.30. The van der Waals surface area contributed by atoms with Crippen LogP contribution in [0, 0.1) is 12.7 Å². The summed E-state index contributed by atoms with van der Waals surface area (Å²) in [7, 11) is 0. The predicted molar refractivity (Wildman–Crippen MR) is 90.8 cm³/mol. The van der Waals surface area contributed by atoms with Crippen molar-refractivity contribution in [1.29, 1.82) is 0 Å². The van der Waals surface area contributed by atoms with E-state index in [0.29, 0.717) is 23.7 Å². The van der Waals surface area contributed by atoms with E-state index in [2.05, 4.69) is 5.32 Å². The van der Waals surface area contributed by atoms with Crippen LogP contribution < -0.4 is 14.8 Å². The van der Waals surface area contributed by atoms with Gasteiger partial charge in [0.1, 0.15) is 18.5 Å². The smallest absolute Gasteiger partial charge is 0.338 e. The lowest BCUT2D eigenvalue weighted by molar-refractivity contribution is -0.124. The van der Waals surface area contributed by atoms with E-state index >= 15 is 0 Å². The van der Waals surface area contributed by atoms with Gasteiger partial charge >= 0.3 is 5.97 Å². The highest BCUT2D eigenvalue weighted by Crippen LogP contribution is 2.30. The molecule has 136 valence electrons. The Morgan fingerprint density at radius 3 is 2.77 bits per heavy atom. The first-order valence-electron chi connectivity index (χ1n) is 8.11. The fraction of sp³-hybridized carbons (Fsp3) is 0.263. The Morgan fingerprint density at radius 2 is 2.00 bits per heavy atom. The lowest BCUT2D eigenvalue weighted by Crippen LogP contribution is -2.42. The van der Waals surface area contributed by atoms with Crippen LogP contribution in [0.2, 0.25) is 0 Å². The molecule has 0 spiro atoms. The average molecular weight is 359 g/mol. The van der Waals surface area contributed by atoms with Crippen LogP contribution in [-0.4, -0.2) is 37.7 Å². The molecule has 26 heavy (non-hydrogen) atoms. The van der Waals surface area contributed by atoms with Gasteiger partial charge in [0.05, 0.1) is 12.1 Å². The maximum atomic E-state index is 13.5. The molecule has 1 aliphatic rings. The van der Waals surface area contributed by atoms with E-state index in [1.54, 1.807) is 19.1 Å². The van der Waals surface area contributed by atoms with Crippen LogP contribution in [0.4, 0.5) is 4.39 Å². The molecule has 1 N–H and O–H groups in total. The summed E-state index contributed by atoms with van der Waals surface area (Å²) in [5, 5.41) is 2.62. The Balaban J connectivity index is 1.43. The molecule has 0 aliphatic carbocycles. The zero-order chi connectivity index (χ0) is 18.5. The SMILES string of the molecule is Cc1ccc(C(=O)OCC(=O)NC[C@@H]2COc3ccccc3O2)cc1F. The van der Waals surface area contributed by atoms with Crippen molar-refractivity contribution in [3.63, 3.8) is 0 Å². The van der Waals surface area contributed by atoms with Crippen LogP contribution in [0.1, 0.15) is 15.9 Å². The lowest BCUT2D eigenvalue weighted by Gasteiger charge is -2.26. The fourth-order valence-electron chi connectivity index (χ4n) is 2.38. The molecule has 6 nitrogen and oxygen atoms in total. The van der Waals surface area contributed by atoms with Gasteiger partial charge in [-0.05, 0) is 36.8 Å². The molecule has 1 heterocycles. The Kier molecular flexibility index (Phi) is 5.36. The third-order valence-corrected chi connectivity index (χ3v) is 3.84. The van der Waals surface area contributed by atoms with Crippen molar-refractivity contribution >= 4 is 11.9 Å². The largest absolute Gasteiger partial charge is 0.486 e.